The highest BCUT2D eigenvalue weighted by Crippen LogP contribution is 2.30. The van der Waals surface area contributed by atoms with Crippen molar-refractivity contribution in [3.63, 3.8) is 0 Å². The molecule has 22 heavy (non-hydrogen) atoms. The molecule has 0 unspecified atom stereocenters. The number of hydrogen-bond acceptors (Lipinski definition) is 5. The van der Waals surface area contributed by atoms with E-state index in [4.69, 9.17) is 9.47 Å². The number of thiazole rings is 1. The van der Waals surface area contributed by atoms with Crippen molar-refractivity contribution >= 4 is 23.3 Å². The van der Waals surface area contributed by atoms with Gasteiger partial charge in [0.2, 0.25) is 5.91 Å². The van der Waals surface area contributed by atoms with Gasteiger partial charge < -0.3 is 14.8 Å². The number of aromatic nitrogens is 1. The number of nitrogens with zero attached hydrogens (tertiary/aromatic N) is 1. The Bertz CT molecular complexity index is 696. The minimum Gasteiger partial charge on any atom is -0.486 e. The fourth-order valence-corrected chi connectivity index (χ4v) is 2.64. The van der Waals surface area contributed by atoms with Gasteiger partial charge in [0.15, 0.2) is 11.5 Å². The molecule has 114 valence electrons. The van der Waals surface area contributed by atoms with E-state index in [1.54, 1.807) is 17.4 Å². The molecule has 0 aliphatic carbocycles. The Morgan fingerprint density at radius 3 is 3.05 bits per heavy atom. The zero-order chi connectivity index (χ0) is 15.4. The van der Waals surface area contributed by atoms with E-state index >= 15 is 0 Å². The summed E-state index contributed by atoms with van der Waals surface area (Å²) in [6, 6.07) is 7.51. The molecular weight excluding hydrogens is 300 g/mol. The van der Waals surface area contributed by atoms with Crippen LogP contribution in [-0.2, 0) is 4.79 Å². The summed E-state index contributed by atoms with van der Waals surface area (Å²) in [6.07, 6.45) is 2.99. The average Bonchev–Trinajstić information content (AvgIpc) is 2.96. The number of amides is 1. The molecule has 1 aliphatic rings. The molecule has 1 aromatic heterocycles. The van der Waals surface area contributed by atoms with Gasteiger partial charge in [-0.2, -0.15) is 0 Å². The predicted octanol–water partition coefficient (Wildman–Crippen LogP) is 2.42. The van der Waals surface area contributed by atoms with Crippen LogP contribution in [-0.4, -0.2) is 30.1 Å². The van der Waals surface area contributed by atoms with Crippen LogP contribution in [0.3, 0.4) is 0 Å². The summed E-state index contributed by atoms with van der Waals surface area (Å²) in [5.74, 6) is 1.28. The number of fused-ring (bicyclic) bond motifs is 1. The Hall–Kier alpha value is -2.34. The zero-order valence-corrected chi connectivity index (χ0v) is 12.9. The van der Waals surface area contributed by atoms with Gasteiger partial charge in [-0.15, -0.1) is 11.3 Å². The van der Waals surface area contributed by atoms with Crippen molar-refractivity contribution in [3.8, 4) is 11.5 Å². The van der Waals surface area contributed by atoms with Crippen LogP contribution in [0.15, 0.2) is 35.7 Å². The molecule has 2 aromatic rings. The van der Waals surface area contributed by atoms with Crippen molar-refractivity contribution in [2.24, 2.45) is 0 Å². The van der Waals surface area contributed by atoms with Crippen LogP contribution in [0, 0.1) is 6.92 Å². The maximum atomic E-state index is 11.8. The standard InChI is InChI=1S/C16H16N2O3S/c1-11-18-12(10-22-11)6-7-16(19)17-8-13-9-20-14-4-2-3-5-15(14)21-13/h2-7,10,13H,8-9H2,1H3,(H,17,19)/b7-6-/t13-/m1/s1. The molecule has 0 spiro atoms. The maximum Gasteiger partial charge on any atom is 0.244 e. The monoisotopic (exact) mass is 316 g/mol. The molecule has 2 heterocycles. The van der Waals surface area contributed by atoms with E-state index in [-0.39, 0.29) is 12.0 Å². The van der Waals surface area contributed by atoms with E-state index in [1.165, 1.54) is 6.08 Å². The molecular formula is C16H16N2O3S. The Morgan fingerprint density at radius 2 is 2.27 bits per heavy atom. The first-order chi connectivity index (χ1) is 10.7. The fourth-order valence-electron chi connectivity index (χ4n) is 2.05. The zero-order valence-electron chi connectivity index (χ0n) is 12.1. The SMILES string of the molecule is Cc1nc(/C=C\C(=O)NC[C@@H]2COc3ccccc3O2)cs1. The highest BCUT2D eigenvalue weighted by Gasteiger charge is 2.20. The van der Waals surface area contributed by atoms with Crippen molar-refractivity contribution < 1.29 is 14.3 Å². The number of carbonyl (C=O) groups excluding carboxylic acids is 1. The summed E-state index contributed by atoms with van der Waals surface area (Å²) in [6.45, 7) is 2.75. The number of benzene rings is 1. The summed E-state index contributed by atoms with van der Waals surface area (Å²) in [5, 5.41) is 5.69. The second kappa shape index (κ2) is 6.62. The third-order valence-electron chi connectivity index (χ3n) is 3.11. The molecule has 5 nitrogen and oxygen atoms in total. The maximum absolute atomic E-state index is 11.8. The van der Waals surface area contributed by atoms with E-state index in [0.29, 0.717) is 18.9 Å². The second-order valence-corrected chi connectivity index (χ2v) is 5.93. The van der Waals surface area contributed by atoms with E-state index < -0.39 is 0 Å². The summed E-state index contributed by atoms with van der Waals surface area (Å²) in [4.78, 5) is 16.1. The lowest BCUT2D eigenvalue weighted by Gasteiger charge is -2.26. The third-order valence-corrected chi connectivity index (χ3v) is 3.91. The van der Waals surface area contributed by atoms with Gasteiger partial charge in [-0.3, -0.25) is 4.79 Å². The van der Waals surface area contributed by atoms with Gasteiger partial charge >= 0.3 is 0 Å². The molecule has 0 radical (unpaired) electrons. The van der Waals surface area contributed by atoms with Crippen LogP contribution < -0.4 is 14.8 Å². The van der Waals surface area contributed by atoms with Gasteiger partial charge in [-0.25, -0.2) is 4.98 Å². The van der Waals surface area contributed by atoms with Crippen molar-refractivity contribution in [3.05, 3.63) is 46.4 Å². The van der Waals surface area contributed by atoms with Crippen LogP contribution in [0.4, 0.5) is 0 Å². The molecule has 1 N–H and O–H groups in total. The molecule has 1 aromatic carbocycles. The predicted molar refractivity (Wildman–Crippen MR) is 85.2 cm³/mol. The number of para-hydroxylation sites is 2. The Labute approximate surface area is 132 Å². The lowest BCUT2D eigenvalue weighted by atomic mass is 10.2. The third kappa shape index (κ3) is 3.65. The Morgan fingerprint density at radius 1 is 1.45 bits per heavy atom. The van der Waals surface area contributed by atoms with Crippen molar-refractivity contribution in [1.29, 1.82) is 0 Å². The van der Waals surface area contributed by atoms with Crippen molar-refractivity contribution in [1.82, 2.24) is 10.3 Å². The van der Waals surface area contributed by atoms with Crippen LogP contribution in [0.1, 0.15) is 10.7 Å². The Balaban J connectivity index is 1.49. The lowest BCUT2D eigenvalue weighted by molar-refractivity contribution is -0.116. The van der Waals surface area contributed by atoms with Gasteiger partial charge in [0.25, 0.3) is 0 Å². The molecule has 0 saturated heterocycles. The molecule has 1 amide bonds. The highest BCUT2D eigenvalue weighted by molar-refractivity contribution is 7.09. The number of ether oxygens (including phenoxy) is 2. The number of hydrogen-bond donors (Lipinski definition) is 1. The van der Waals surface area contributed by atoms with E-state index in [0.717, 1.165) is 16.5 Å². The quantitative estimate of drug-likeness (QED) is 0.880. The van der Waals surface area contributed by atoms with Crippen molar-refractivity contribution in [2.45, 2.75) is 13.0 Å². The van der Waals surface area contributed by atoms with Crippen molar-refractivity contribution in [2.75, 3.05) is 13.2 Å². The summed E-state index contributed by atoms with van der Waals surface area (Å²) < 4.78 is 11.4. The molecule has 0 fully saturated rings. The van der Waals surface area contributed by atoms with Gasteiger partial charge in [0.1, 0.15) is 12.7 Å². The van der Waals surface area contributed by atoms with E-state index in [9.17, 15) is 4.79 Å². The summed E-state index contributed by atoms with van der Waals surface area (Å²) in [5.41, 5.74) is 0.795. The lowest BCUT2D eigenvalue weighted by Crippen LogP contribution is -2.40. The van der Waals surface area contributed by atoms with Crippen LogP contribution in [0.25, 0.3) is 6.08 Å². The largest absolute Gasteiger partial charge is 0.486 e. The summed E-state index contributed by atoms with van der Waals surface area (Å²) in [7, 11) is 0. The Kier molecular flexibility index (Phi) is 4.39. The second-order valence-electron chi connectivity index (χ2n) is 4.87. The number of carbonyl (C=O) groups is 1. The molecule has 3 rings (SSSR count). The smallest absolute Gasteiger partial charge is 0.244 e. The molecule has 6 heteroatoms. The van der Waals surface area contributed by atoms with E-state index in [2.05, 4.69) is 10.3 Å². The van der Waals surface area contributed by atoms with E-state index in [1.807, 2.05) is 36.6 Å². The first-order valence-corrected chi connectivity index (χ1v) is 7.85. The van der Waals surface area contributed by atoms with Gasteiger partial charge in [0.05, 0.1) is 17.2 Å². The molecule has 1 atom stereocenters. The van der Waals surface area contributed by atoms with Crippen LogP contribution in [0.2, 0.25) is 0 Å². The summed E-state index contributed by atoms with van der Waals surface area (Å²) >= 11 is 1.56. The average molecular weight is 316 g/mol. The number of rotatable bonds is 4. The number of nitrogens with one attached hydrogen (secondary N) is 1. The highest BCUT2D eigenvalue weighted by atomic mass is 32.1. The van der Waals surface area contributed by atoms with Gasteiger partial charge in [-0.05, 0) is 25.1 Å². The topological polar surface area (TPSA) is 60.5 Å². The first-order valence-electron chi connectivity index (χ1n) is 6.97. The fraction of sp³-hybridized carbons (Fsp3) is 0.250. The molecule has 1 aliphatic heterocycles. The van der Waals surface area contributed by atoms with Crippen LogP contribution in [0.5, 0.6) is 11.5 Å². The van der Waals surface area contributed by atoms with Gasteiger partial charge in [-0.1, -0.05) is 12.1 Å². The number of aryl methyl sites for hydroxylation is 1. The normalized spacial score (nSPS) is 16.7. The minimum absolute atomic E-state index is 0.173. The minimum atomic E-state index is -0.186. The van der Waals surface area contributed by atoms with Crippen LogP contribution >= 0.6 is 11.3 Å². The molecule has 0 saturated carbocycles. The first kappa shape index (κ1) is 14.6. The van der Waals surface area contributed by atoms with Gasteiger partial charge in [0, 0.05) is 11.5 Å². The molecule has 0 bridgehead atoms.